The Morgan fingerprint density at radius 3 is 2.67 bits per heavy atom. The molecule has 1 heterocycles. The SMILES string of the molecule is CCOc1ccc(Cl)cc1NS(=O)(=O)c1cc(C)c(Br)s1. The molecule has 0 spiro atoms. The number of hydrogen-bond donors (Lipinski definition) is 1. The monoisotopic (exact) mass is 409 g/mol. The molecule has 21 heavy (non-hydrogen) atoms. The summed E-state index contributed by atoms with van der Waals surface area (Å²) in [6, 6.07) is 6.43. The Balaban J connectivity index is 2.38. The number of sulfonamides is 1. The van der Waals surface area contributed by atoms with E-state index in [9.17, 15) is 8.42 Å². The van der Waals surface area contributed by atoms with Crippen molar-refractivity contribution >= 4 is 54.6 Å². The highest BCUT2D eigenvalue weighted by molar-refractivity contribution is 9.11. The van der Waals surface area contributed by atoms with Gasteiger partial charge in [0.1, 0.15) is 9.96 Å². The van der Waals surface area contributed by atoms with Gasteiger partial charge in [-0.3, -0.25) is 4.72 Å². The summed E-state index contributed by atoms with van der Waals surface area (Å²) in [4.78, 5) is 0. The summed E-state index contributed by atoms with van der Waals surface area (Å²) in [6.45, 7) is 4.09. The van der Waals surface area contributed by atoms with Crippen LogP contribution in [0.15, 0.2) is 32.3 Å². The molecule has 2 rings (SSSR count). The molecule has 0 atom stereocenters. The normalized spacial score (nSPS) is 11.4. The first-order valence-corrected chi connectivity index (χ1v) is 9.51. The molecule has 2 aromatic rings. The number of anilines is 1. The Bertz CT molecular complexity index is 739. The van der Waals surface area contributed by atoms with Gasteiger partial charge in [0.25, 0.3) is 10.0 Å². The van der Waals surface area contributed by atoms with Crippen LogP contribution >= 0.6 is 38.9 Å². The van der Waals surface area contributed by atoms with E-state index in [0.29, 0.717) is 23.1 Å². The quantitative estimate of drug-likeness (QED) is 0.779. The lowest BCUT2D eigenvalue weighted by Gasteiger charge is -2.12. The minimum atomic E-state index is -3.67. The van der Waals surface area contributed by atoms with Crippen molar-refractivity contribution in [2.75, 3.05) is 11.3 Å². The minimum absolute atomic E-state index is 0.231. The van der Waals surface area contributed by atoms with E-state index in [4.69, 9.17) is 16.3 Å². The van der Waals surface area contributed by atoms with Crippen molar-refractivity contribution in [1.29, 1.82) is 0 Å². The van der Waals surface area contributed by atoms with Crippen LogP contribution in [0.2, 0.25) is 5.02 Å². The molecule has 0 saturated heterocycles. The van der Waals surface area contributed by atoms with Crippen LogP contribution in [0.3, 0.4) is 0 Å². The third-order valence-electron chi connectivity index (χ3n) is 2.59. The average molecular weight is 411 g/mol. The van der Waals surface area contributed by atoms with Gasteiger partial charge in [0.15, 0.2) is 0 Å². The van der Waals surface area contributed by atoms with Gasteiger partial charge in [0.05, 0.1) is 16.1 Å². The van der Waals surface area contributed by atoms with Crippen LogP contribution in [0.25, 0.3) is 0 Å². The van der Waals surface area contributed by atoms with Crippen molar-refractivity contribution in [1.82, 2.24) is 0 Å². The zero-order valence-electron chi connectivity index (χ0n) is 11.3. The van der Waals surface area contributed by atoms with E-state index in [-0.39, 0.29) is 4.21 Å². The standard InChI is InChI=1S/C13H13BrClNO3S2/c1-3-19-11-5-4-9(15)7-10(11)16-21(17,18)12-6-8(2)13(14)20-12/h4-7,16H,3H2,1-2H3. The maximum atomic E-state index is 12.4. The lowest BCUT2D eigenvalue weighted by molar-refractivity contribution is 0.342. The van der Waals surface area contributed by atoms with Crippen molar-refractivity contribution < 1.29 is 13.2 Å². The maximum absolute atomic E-state index is 12.4. The fourth-order valence-electron chi connectivity index (χ4n) is 1.62. The zero-order valence-corrected chi connectivity index (χ0v) is 15.3. The largest absolute Gasteiger partial charge is 0.492 e. The number of benzene rings is 1. The van der Waals surface area contributed by atoms with E-state index in [2.05, 4.69) is 20.7 Å². The summed E-state index contributed by atoms with van der Waals surface area (Å²) in [7, 11) is -3.67. The van der Waals surface area contributed by atoms with Crippen LogP contribution in [0, 0.1) is 6.92 Å². The number of rotatable bonds is 5. The van der Waals surface area contributed by atoms with Crippen LogP contribution in [-0.2, 0) is 10.0 Å². The Labute approximate surface area is 141 Å². The van der Waals surface area contributed by atoms with Crippen LogP contribution in [-0.4, -0.2) is 15.0 Å². The molecule has 1 aromatic heterocycles. The predicted octanol–water partition coefficient (Wildman–Crippen LogP) is 4.67. The third kappa shape index (κ3) is 3.91. The Kier molecular flexibility index (Phi) is 5.19. The molecule has 0 aliphatic carbocycles. The third-order valence-corrected chi connectivity index (χ3v) is 6.80. The van der Waals surface area contributed by atoms with Crippen LogP contribution in [0.1, 0.15) is 12.5 Å². The maximum Gasteiger partial charge on any atom is 0.271 e. The van der Waals surface area contributed by atoms with E-state index in [1.807, 2.05) is 13.8 Å². The van der Waals surface area contributed by atoms with E-state index in [0.717, 1.165) is 20.7 Å². The lowest BCUT2D eigenvalue weighted by atomic mass is 10.3. The number of ether oxygens (including phenoxy) is 1. The van der Waals surface area contributed by atoms with Gasteiger partial charge >= 0.3 is 0 Å². The topological polar surface area (TPSA) is 55.4 Å². The van der Waals surface area contributed by atoms with Gasteiger partial charge in [-0.25, -0.2) is 8.42 Å². The van der Waals surface area contributed by atoms with E-state index >= 15 is 0 Å². The van der Waals surface area contributed by atoms with Gasteiger partial charge in [-0.1, -0.05) is 11.6 Å². The molecule has 0 aliphatic rings. The summed E-state index contributed by atoms with van der Waals surface area (Å²) >= 11 is 10.4. The summed E-state index contributed by atoms with van der Waals surface area (Å²) in [5.74, 6) is 0.442. The van der Waals surface area contributed by atoms with E-state index < -0.39 is 10.0 Å². The van der Waals surface area contributed by atoms with Crippen molar-refractivity contribution in [3.05, 3.63) is 38.6 Å². The molecule has 1 aromatic carbocycles. The first-order chi connectivity index (χ1) is 9.83. The van der Waals surface area contributed by atoms with Gasteiger partial charge < -0.3 is 4.74 Å². The molecule has 114 valence electrons. The van der Waals surface area contributed by atoms with Crippen LogP contribution in [0.5, 0.6) is 5.75 Å². The summed E-state index contributed by atoms with van der Waals surface area (Å²) in [6.07, 6.45) is 0. The Morgan fingerprint density at radius 1 is 1.38 bits per heavy atom. The number of hydrogen-bond acceptors (Lipinski definition) is 4. The molecular formula is C13H13BrClNO3S2. The molecule has 8 heteroatoms. The summed E-state index contributed by atoms with van der Waals surface area (Å²) < 4.78 is 33.8. The average Bonchev–Trinajstić information content (AvgIpc) is 2.74. The number of aryl methyl sites for hydroxylation is 1. The van der Waals surface area contributed by atoms with Gasteiger partial charge in [-0.2, -0.15) is 0 Å². The van der Waals surface area contributed by atoms with Gasteiger partial charge in [-0.15, -0.1) is 11.3 Å². The van der Waals surface area contributed by atoms with Crippen molar-refractivity contribution in [2.24, 2.45) is 0 Å². The molecule has 0 unspecified atom stereocenters. The molecule has 0 radical (unpaired) electrons. The zero-order chi connectivity index (χ0) is 15.6. The molecule has 1 N–H and O–H groups in total. The van der Waals surface area contributed by atoms with Crippen molar-refractivity contribution in [3.8, 4) is 5.75 Å². The minimum Gasteiger partial charge on any atom is -0.492 e. The fourth-order valence-corrected chi connectivity index (χ4v) is 5.08. The van der Waals surface area contributed by atoms with E-state index in [1.54, 1.807) is 18.2 Å². The van der Waals surface area contributed by atoms with E-state index in [1.165, 1.54) is 6.07 Å². The van der Waals surface area contributed by atoms with Gasteiger partial charge in [0.2, 0.25) is 0 Å². The second-order valence-corrected chi connectivity index (χ2v) is 8.92. The predicted molar refractivity (Wildman–Crippen MR) is 90.2 cm³/mol. The molecule has 0 bridgehead atoms. The second-order valence-electron chi connectivity index (χ2n) is 4.20. The first-order valence-electron chi connectivity index (χ1n) is 6.04. The molecule has 4 nitrogen and oxygen atoms in total. The molecule has 0 saturated carbocycles. The molecule has 0 amide bonds. The number of nitrogens with one attached hydrogen (secondary N) is 1. The van der Waals surface area contributed by atoms with Crippen molar-refractivity contribution in [2.45, 2.75) is 18.1 Å². The molecular weight excluding hydrogens is 398 g/mol. The lowest BCUT2D eigenvalue weighted by Crippen LogP contribution is -2.12. The Hall–Kier alpha value is -0.760. The van der Waals surface area contributed by atoms with Gasteiger partial charge in [0, 0.05) is 5.02 Å². The highest BCUT2D eigenvalue weighted by atomic mass is 79.9. The Morgan fingerprint density at radius 2 is 2.10 bits per heavy atom. The van der Waals surface area contributed by atoms with Crippen LogP contribution in [0.4, 0.5) is 5.69 Å². The second kappa shape index (κ2) is 6.56. The molecule has 0 fully saturated rings. The summed E-state index contributed by atoms with van der Waals surface area (Å²) in [5, 5.41) is 0.430. The highest BCUT2D eigenvalue weighted by Gasteiger charge is 2.20. The number of halogens is 2. The summed E-state index contributed by atoms with van der Waals surface area (Å²) in [5.41, 5.74) is 1.20. The van der Waals surface area contributed by atoms with Gasteiger partial charge in [-0.05, 0) is 59.6 Å². The molecule has 0 aliphatic heterocycles. The fraction of sp³-hybridized carbons (Fsp3) is 0.231. The highest BCUT2D eigenvalue weighted by Crippen LogP contribution is 2.34. The van der Waals surface area contributed by atoms with Crippen molar-refractivity contribution in [3.63, 3.8) is 0 Å². The van der Waals surface area contributed by atoms with Crippen LogP contribution < -0.4 is 9.46 Å². The number of thiophene rings is 1. The first kappa shape index (κ1) is 16.6. The smallest absolute Gasteiger partial charge is 0.271 e.